The van der Waals surface area contributed by atoms with Crippen LogP contribution in [0, 0.1) is 5.41 Å². The Morgan fingerprint density at radius 1 is 1.08 bits per heavy atom. The fourth-order valence-corrected chi connectivity index (χ4v) is 2.88. The Morgan fingerprint density at radius 3 is 2.32 bits per heavy atom. The summed E-state index contributed by atoms with van der Waals surface area (Å²) in [5.41, 5.74) is 1.49. The van der Waals surface area contributed by atoms with Gasteiger partial charge in [-0.05, 0) is 50.0 Å². The molecule has 0 aliphatic carbocycles. The molecule has 0 saturated carbocycles. The molecule has 0 aliphatic rings. The average molecular weight is 461 g/mol. The van der Waals surface area contributed by atoms with Crippen molar-refractivity contribution in [1.29, 1.82) is 0 Å². The third kappa shape index (κ3) is 9.45. The van der Waals surface area contributed by atoms with E-state index in [-0.39, 0.29) is 36.0 Å². The number of halogens is 1. The summed E-state index contributed by atoms with van der Waals surface area (Å²) in [6, 6.07) is 10.6. The molecule has 0 saturated heterocycles. The standard InChI is InChI=1S/C20H35N3O.HI/c1-4-20(5-2,14-16-24)17-23-19(21-6-3)22-15-10-13-18-11-8-7-9-12-18;/h7-9,11-12,24H,4-6,10,13-17H2,1-3H3,(H2,21,22,23);1H. The van der Waals surface area contributed by atoms with E-state index >= 15 is 0 Å². The van der Waals surface area contributed by atoms with E-state index in [1.807, 2.05) is 0 Å². The number of benzene rings is 1. The van der Waals surface area contributed by atoms with Gasteiger partial charge in [-0.2, -0.15) is 0 Å². The lowest BCUT2D eigenvalue weighted by atomic mass is 9.79. The Morgan fingerprint density at radius 2 is 1.76 bits per heavy atom. The van der Waals surface area contributed by atoms with Gasteiger partial charge in [-0.25, -0.2) is 0 Å². The smallest absolute Gasteiger partial charge is 0.191 e. The van der Waals surface area contributed by atoms with Gasteiger partial charge in [0.05, 0.1) is 0 Å². The zero-order valence-corrected chi connectivity index (χ0v) is 18.4. The van der Waals surface area contributed by atoms with Gasteiger partial charge < -0.3 is 15.7 Å². The Kier molecular flexibility index (Phi) is 13.9. The van der Waals surface area contributed by atoms with Crippen molar-refractivity contribution < 1.29 is 5.11 Å². The molecule has 0 fully saturated rings. The third-order valence-corrected chi connectivity index (χ3v) is 4.84. The molecular formula is C20H36IN3O. The molecule has 1 rings (SSSR count). The number of aliphatic hydroxyl groups is 1. The van der Waals surface area contributed by atoms with Gasteiger partial charge in [0.15, 0.2) is 5.96 Å². The first-order valence-corrected chi connectivity index (χ1v) is 9.36. The van der Waals surface area contributed by atoms with Crippen LogP contribution in [0.15, 0.2) is 35.3 Å². The van der Waals surface area contributed by atoms with Gasteiger partial charge in [0, 0.05) is 26.2 Å². The normalized spacial score (nSPS) is 11.8. The summed E-state index contributed by atoms with van der Waals surface area (Å²) in [5, 5.41) is 16.1. The second kappa shape index (κ2) is 14.4. The van der Waals surface area contributed by atoms with Crippen LogP contribution in [0.25, 0.3) is 0 Å². The molecule has 0 unspecified atom stereocenters. The van der Waals surface area contributed by atoms with E-state index in [9.17, 15) is 5.11 Å². The van der Waals surface area contributed by atoms with E-state index in [1.165, 1.54) is 5.56 Å². The summed E-state index contributed by atoms with van der Waals surface area (Å²) >= 11 is 0. The van der Waals surface area contributed by atoms with Crippen molar-refractivity contribution in [3.63, 3.8) is 0 Å². The minimum Gasteiger partial charge on any atom is -0.396 e. The zero-order chi connectivity index (χ0) is 17.7. The molecule has 25 heavy (non-hydrogen) atoms. The van der Waals surface area contributed by atoms with E-state index in [0.717, 1.165) is 57.7 Å². The van der Waals surface area contributed by atoms with Crippen LogP contribution in [0.1, 0.15) is 52.0 Å². The number of nitrogens with one attached hydrogen (secondary N) is 2. The van der Waals surface area contributed by atoms with Gasteiger partial charge in [-0.15, -0.1) is 24.0 Å². The predicted octanol–water partition coefficient (Wildman–Crippen LogP) is 3.98. The predicted molar refractivity (Wildman–Crippen MR) is 119 cm³/mol. The molecule has 0 heterocycles. The number of guanidine groups is 1. The minimum absolute atomic E-state index is 0. The summed E-state index contributed by atoms with van der Waals surface area (Å²) in [5.74, 6) is 0.884. The van der Waals surface area contributed by atoms with Crippen LogP contribution in [-0.4, -0.2) is 37.3 Å². The molecule has 0 atom stereocenters. The fourth-order valence-electron chi connectivity index (χ4n) is 2.88. The molecule has 0 aromatic heterocycles. The zero-order valence-electron chi connectivity index (χ0n) is 16.1. The van der Waals surface area contributed by atoms with Crippen molar-refractivity contribution >= 4 is 29.9 Å². The van der Waals surface area contributed by atoms with Crippen molar-refractivity contribution in [1.82, 2.24) is 10.6 Å². The van der Waals surface area contributed by atoms with Gasteiger partial charge in [0.25, 0.3) is 0 Å². The number of aliphatic hydroxyl groups excluding tert-OH is 1. The summed E-state index contributed by atoms with van der Waals surface area (Å²) in [6.45, 7) is 9.22. The highest BCUT2D eigenvalue weighted by Gasteiger charge is 2.25. The number of hydrogen-bond acceptors (Lipinski definition) is 2. The third-order valence-electron chi connectivity index (χ3n) is 4.84. The largest absolute Gasteiger partial charge is 0.396 e. The summed E-state index contributed by atoms with van der Waals surface area (Å²) in [7, 11) is 0. The van der Waals surface area contributed by atoms with Crippen LogP contribution in [0.4, 0.5) is 0 Å². The lowest BCUT2D eigenvalue weighted by molar-refractivity contribution is 0.175. The van der Waals surface area contributed by atoms with Gasteiger partial charge in [0.2, 0.25) is 0 Å². The molecule has 0 spiro atoms. The van der Waals surface area contributed by atoms with Gasteiger partial charge >= 0.3 is 0 Å². The quantitative estimate of drug-likeness (QED) is 0.202. The second-order valence-corrected chi connectivity index (χ2v) is 6.39. The molecule has 4 nitrogen and oxygen atoms in total. The molecular weight excluding hydrogens is 425 g/mol. The summed E-state index contributed by atoms with van der Waals surface area (Å²) < 4.78 is 0. The molecule has 1 aromatic carbocycles. The van der Waals surface area contributed by atoms with Crippen molar-refractivity contribution in [3.05, 3.63) is 35.9 Å². The number of nitrogens with zero attached hydrogens (tertiary/aromatic N) is 1. The number of rotatable bonds is 11. The van der Waals surface area contributed by atoms with Crippen LogP contribution in [-0.2, 0) is 6.42 Å². The highest BCUT2D eigenvalue weighted by molar-refractivity contribution is 14.0. The van der Waals surface area contributed by atoms with Gasteiger partial charge in [-0.1, -0.05) is 44.2 Å². The van der Waals surface area contributed by atoms with E-state index in [4.69, 9.17) is 4.99 Å². The summed E-state index contributed by atoms with van der Waals surface area (Å²) in [4.78, 5) is 4.77. The maximum atomic E-state index is 9.33. The first kappa shape index (κ1) is 24.2. The van der Waals surface area contributed by atoms with Crippen molar-refractivity contribution in [2.24, 2.45) is 10.4 Å². The average Bonchev–Trinajstić information content (AvgIpc) is 2.63. The van der Waals surface area contributed by atoms with Crippen molar-refractivity contribution in [2.75, 3.05) is 26.2 Å². The van der Waals surface area contributed by atoms with Crippen molar-refractivity contribution in [3.8, 4) is 0 Å². The number of aliphatic imine (C=N–C) groups is 1. The fraction of sp³-hybridized carbons (Fsp3) is 0.650. The molecule has 144 valence electrons. The topological polar surface area (TPSA) is 56.7 Å². The van der Waals surface area contributed by atoms with Crippen LogP contribution >= 0.6 is 24.0 Å². The minimum atomic E-state index is 0. The Balaban J connectivity index is 0.00000576. The first-order valence-electron chi connectivity index (χ1n) is 9.36. The highest BCUT2D eigenvalue weighted by atomic mass is 127. The SMILES string of the molecule is CCNC(=NCC(CC)(CC)CCO)NCCCc1ccccc1.I. The molecule has 3 N–H and O–H groups in total. The Hall–Kier alpha value is -0.820. The van der Waals surface area contributed by atoms with Gasteiger partial charge in [0.1, 0.15) is 0 Å². The molecule has 1 aromatic rings. The maximum absolute atomic E-state index is 9.33. The second-order valence-electron chi connectivity index (χ2n) is 6.39. The highest BCUT2D eigenvalue weighted by Crippen LogP contribution is 2.30. The Labute approximate surface area is 170 Å². The van der Waals surface area contributed by atoms with Crippen LogP contribution < -0.4 is 10.6 Å². The van der Waals surface area contributed by atoms with E-state index in [0.29, 0.717) is 0 Å². The number of aryl methyl sites for hydroxylation is 1. The lowest BCUT2D eigenvalue weighted by Crippen LogP contribution is -2.39. The molecule has 0 amide bonds. The monoisotopic (exact) mass is 461 g/mol. The van der Waals surface area contributed by atoms with Gasteiger partial charge in [-0.3, -0.25) is 4.99 Å². The lowest BCUT2D eigenvalue weighted by Gasteiger charge is -2.29. The molecule has 5 heteroatoms. The molecule has 0 radical (unpaired) electrons. The molecule has 0 aliphatic heterocycles. The first-order chi connectivity index (χ1) is 11.7. The Bertz CT molecular complexity index is 461. The van der Waals surface area contributed by atoms with Crippen molar-refractivity contribution in [2.45, 2.75) is 52.9 Å². The summed E-state index contributed by atoms with van der Waals surface area (Å²) in [6.07, 6.45) is 5.06. The van der Waals surface area contributed by atoms with Crippen LogP contribution in [0.5, 0.6) is 0 Å². The van der Waals surface area contributed by atoms with Crippen LogP contribution in [0.2, 0.25) is 0 Å². The van der Waals surface area contributed by atoms with Crippen LogP contribution in [0.3, 0.4) is 0 Å². The van der Waals surface area contributed by atoms with E-state index in [2.05, 4.69) is 61.7 Å². The van der Waals surface area contributed by atoms with E-state index in [1.54, 1.807) is 0 Å². The van der Waals surface area contributed by atoms with E-state index < -0.39 is 0 Å². The maximum Gasteiger partial charge on any atom is 0.191 e. The number of hydrogen-bond donors (Lipinski definition) is 3. The molecule has 0 bridgehead atoms.